The summed E-state index contributed by atoms with van der Waals surface area (Å²) in [5, 5.41) is 2.80. The second-order valence-electron chi connectivity index (χ2n) is 7.48. The quantitative estimate of drug-likeness (QED) is 0.455. The van der Waals surface area contributed by atoms with E-state index in [0.717, 1.165) is 26.1 Å². The molecule has 3 aromatic carbocycles. The smallest absolute Gasteiger partial charge is 0.258 e. The van der Waals surface area contributed by atoms with Crippen LogP contribution >= 0.6 is 11.3 Å². The van der Waals surface area contributed by atoms with Crippen molar-refractivity contribution >= 4 is 43.4 Å². The summed E-state index contributed by atoms with van der Waals surface area (Å²) in [7, 11) is 0. The van der Waals surface area contributed by atoms with Crippen molar-refractivity contribution in [2.24, 2.45) is 0 Å². The second kappa shape index (κ2) is 8.15. The van der Waals surface area contributed by atoms with Crippen molar-refractivity contribution < 1.29 is 13.9 Å². The first-order valence-corrected chi connectivity index (χ1v) is 11.2. The number of ether oxygens (including phenoxy) is 1. The van der Waals surface area contributed by atoms with Crippen LogP contribution in [0.4, 0.5) is 9.52 Å². The molecule has 0 unspecified atom stereocenters. The maximum absolute atomic E-state index is 13.5. The van der Waals surface area contributed by atoms with Crippen LogP contribution < -0.4 is 9.64 Å². The molecule has 1 aliphatic rings. The molecule has 0 bridgehead atoms. The summed E-state index contributed by atoms with van der Waals surface area (Å²) in [5.41, 5.74) is 1.43. The summed E-state index contributed by atoms with van der Waals surface area (Å²) < 4.78 is 20.1. The molecule has 1 aliphatic heterocycles. The van der Waals surface area contributed by atoms with Crippen molar-refractivity contribution in [2.45, 2.75) is 6.92 Å². The van der Waals surface area contributed by atoms with Gasteiger partial charge in [-0.1, -0.05) is 41.7 Å². The molecule has 4 aromatic rings. The van der Waals surface area contributed by atoms with E-state index in [0.29, 0.717) is 44.1 Å². The number of carbonyl (C=O) groups excluding carboxylic acids is 1. The topological polar surface area (TPSA) is 45.7 Å². The molecule has 5 nitrogen and oxygen atoms in total. The van der Waals surface area contributed by atoms with Crippen LogP contribution in [0.2, 0.25) is 0 Å². The average Bonchev–Trinajstić information content (AvgIpc) is 3.22. The van der Waals surface area contributed by atoms with Gasteiger partial charge >= 0.3 is 0 Å². The Morgan fingerprint density at radius 1 is 1.10 bits per heavy atom. The maximum Gasteiger partial charge on any atom is 0.258 e. The van der Waals surface area contributed by atoms with Gasteiger partial charge in [0.05, 0.1) is 22.4 Å². The molecule has 1 amide bonds. The molecule has 0 spiro atoms. The van der Waals surface area contributed by atoms with Crippen LogP contribution in [0.1, 0.15) is 17.3 Å². The maximum atomic E-state index is 13.5. The molecular formula is C24H22FN3O2S. The molecule has 5 rings (SSSR count). The highest BCUT2D eigenvalue weighted by Gasteiger charge is 2.27. The molecule has 1 aromatic heterocycles. The highest BCUT2D eigenvalue weighted by molar-refractivity contribution is 7.22. The van der Waals surface area contributed by atoms with E-state index in [1.807, 2.05) is 48.2 Å². The number of rotatable bonds is 4. The van der Waals surface area contributed by atoms with E-state index < -0.39 is 0 Å². The van der Waals surface area contributed by atoms with Gasteiger partial charge in [0.25, 0.3) is 5.91 Å². The molecule has 0 atom stereocenters. The first kappa shape index (κ1) is 19.8. The van der Waals surface area contributed by atoms with Crippen molar-refractivity contribution in [3.05, 3.63) is 66.0 Å². The largest absolute Gasteiger partial charge is 0.493 e. The van der Waals surface area contributed by atoms with Gasteiger partial charge in [0.15, 0.2) is 5.13 Å². The Hall–Kier alpha value is -3.19. The molecule has 1 saturated heterocycles. The number of benzene rings is 3. The van der Waals surface area contributed by atoms with Gasteiger partial charge in [-0.15, -0.1) is 0 Å². The summed E-state index contributed by atoms with van der Waals surface area (Å²) in [5.74, 6) is 0.367. The van der Waals surface area contributed by atoms with Gasteiger partial charge in [-0.2, -0.15) is 0 Å². The Morgan fingerprint density at radius 2 is 1.90 bits per heavy atom. The second-order valence-corrected chi connectivity index (χ2v) is 8.49. The van der Waals surface area contributed by atoms with E-state index in [4.69, 9.17) is 4.74 Å². The molecule has 0 aliphatic carbocycles. The van der Waals surface area contributed by atoms with Crippen LogP contribution in [-0.4, -0.2) is 48.6 Å². The lowest BCUT2D eigenvalue weighted by molar-refractivity contribution is 0.0744. The van der Waals surface area contributed by atoms with E-state index in [1.165, 1.54) is 23.5 Å². The van der Waals surface area contributed by atoms with Gasteiger partial charge < -0.3 is 14.5 Å². The van der Waals surface area contributed by atoms with E-state index in [9.17, 15) is 9.18 Å². The van der Waals surface area contributed by atoms with Gasteiger partial charge in [0.2, 0.25) is 0 Å². The highest BCUT2D eigenvalue weighted by atomic mass is 32.1. The Labute approximate surface area is 183 Å². The lowest BCUT2D eigenvalue weighted by Gasteiger charge is -2.35. The fraction of sp³-hybridized carbons (Fsp3) is 0.250. The first-order valence-electron chi connectivity index (χ1n) is 10.4. The SMILES string of the molecule is CCOc1ccc2ccccc2c1C(=O)N1CCN(c2nc3ccc(F)cc3s2)CC1. The molecule has 7 heteroatoms. The monoisotopic (exact) mass is 435 g/mol. The fourth-order valence-electron chi connectivity index (χ4n) is 4.03. The molecule has 0 saturated carbocycles. The highest BCUT2D eigenvalue weighted by Crippen LogP contribution is 2.32. The molecule has 1 fully saturated rings. The number of fused-ring (bicyclic) bond motifs is 2. The van der Waals surface area contributed by atoms with Gasteiger partial charge in [-0.25, -0.2) is 9.37 Å². The van der Waals surface area contributed by atoms with Gasteiger partial charge in [0.1, 0.15) is 11.6 Å². The zero-order valence-electron chi connectivity index (χ0n) is 17.2. The molecule has 0 N–H and O–H groups in total. The van der Waals surface area contributed by atoms with Crippen LogP contribution in [0, 0.1) is 5.82 Å². The van der Waals surface area contributed by atoms with Crippen molar-refractivity contribution in [3.8, 4) is 5.75 Å². The van der Waals surface area contributed by atoms with Crippen molar-refractivity contribution in [1.82, 2.24) is 9.88 Å². The number of hydrogen-bond donors (Lipinski definition) is 0. The molecular weight excluding hydrogens is 413 g/mol. The normalized spacial score (nSPS) is 14.4. The Balaban J connectivity index is 1.38. The van der Waals surface area contributed by atoms with Gasteiger partial charge in [-0.3, -0.25) is 4.79 Å². The van der Waals surface area contributed by atoms with Crippen molar-refractivity contribution in [3.63, 3.8) is 0 Å². The van der Waals surface area contributed by atoms with Crippen LogP contribution in [0.25, 0.3) is 21.0 Å². The summed E-state index contributed by atoms with van der Waals surface area (Å²) in [6.45, 7) is 4.98. The van der Waals surface area contributed by atoms with Crippen LogP contribution in [-0.2, 0) is 0 Å². The van der Waals surface area contributed by atoms with Crippen LogP contribution in [0.5, 0.6) is 5.75 Å². The zero-order valence-corrected chi connectivity index (χ0v) is 18.0. The van der Waals surface area contributed by atoms with Crippen molar-refractivity contribution in [1.29, 1.82) is 0 Å². The predicted octanol–water partition coefficient (Wildman–Crippen LogP) is 4.95. The van der Waals surface area contributed by atoms with Gasteiger partial charge in [-0.05, 0) is 42.0 Å². The fourth-order valence-corrected chi connectivity index (χ4v) is 5.07. The number of carbonyl (C=O) groups is 1. The van der Waals surface area contributed by atoms with E-state index in [1.54, 1.807) is 6.07 Å². The van der Waals surface area contributed by atoms with Crippen LogP contribution in [0.3, 0.4) is 0 Å². The third-order valence-electron chi connectivity index (χ3n) is 5.58. The summed E-state index contributed by atoms with van der Waals surface area (Å²) >= 11 is 1.49. The number of piperazine rings is 1. The minimum absolute atomic E-state index is 0.00808. The summed E-state index contributed by atoms with van der Waals surface area (Å²) in [6, 6.07) is 16.4. The molecule has 31 heavy (non-hydrogen) atoms. The number of thiazole rings is 1. The Morgan fingerprint density at radius 3 is 2.71 bits per heavy atom. The average molecular weight is 436 g/mol. The minimum atomic E-state index is -0.252. The number of halogens is 1. The third kappa shape index (κ3) is 3.70. The van der Waals surface area contributed by atoms with Crippen LogP contribution in [0.15, 0.2) is 54.6 Å². The first-order chi connectivity index (χ1) is 15.1. The minimum Gasteiger partial charge on any atom is -0.493 e. The lowest BCUT2D eigenvalue weighted by Crippen LogP contribution is -2.48. The van der Waals surface area contributed by atoms with Gasteiger partial charge in [0, 0.05) is 26.2 Å². The molecule has 2 heterocycles. The third-order valence-corrected chi connectivity index (χ3v) is 6.66. The number of hydrogen-bond acceptors (Lipinski definition) is 5. The van der Waals surface area contributed by atoms with E-state index in [-0.39, 0.29) is 11.7 Å². The number of amides is 1. The molecule has 0 radical (unpaired) electrons. The number of anilines is 1. The Bertz CT molecular complexity index is 1260. The summed E-state index contributed by atoms with van der Waals surface area (Å²) in [6.07, 6.45) is 0. The number of nitrogens with zero attached hydrogens (tertiary/aromatic N) is 3. The predicted molar refractivity (Wildman–Crippen MR) is 123 cm³/mol. The summed E-state index contributed by atoms with van der Waals surface area (Å²) in [4.78, 5) is 22.2. The van der Waals surface area contributed by atoms with E-state index in [2.05, 4.69) is 9.88 Å². The van der Waals surface area contributed by atoms with Crippen molar-refractivity contribution in [2.75, 3.05) is 37.7 Å². The Kier molecular flexibility index (Phi) is 5.19. The van der Waals surface area contributed by atoms with E-state index >= 15 is 0 Å². The zero-order chi connectivity index (χ0) is 21.4. The standard InChI is InChI=1S/C24H22FN3O2S/c1-2-30-20-10-7-16-5-3-4-6-18(16)22(20)23(29)27-11-13-28(14-12-27)24-26-19-9-8-17(25)15-21(19)31-24/h3-10,15H,2,11-14H2,1H3. The number of aromatic nitrogens is 1. The lowest BCUT2D eigenvalue weighted by atomic mass is 10.0. The molecule has 158 valence electrons.